The molecule has 18 heavy (non-hydrogen) atoms. The van der Waals surface area contributed by atoms with Gasteiger partial charge in [-0.15, -0.1) is 5.10 Å². The molecule has 0 aliphatic heterocycles. The first kappa shape index (κ1) is 12.3. The standard InChI is InChI=1S/C12H13N3O3/c1-8(16)9-3-5-10(6-4-9)15-7-13-11(14-15)12(17)18-2/h3-8,16H,1-2H3. The SMILES string of the molecule is COC(=O)c1ncn(-c2ccc(C(C)O)cc2)n1. The van der Waals surface area contributed by atoms with Gasteiger partial charge in [0.25, 0.3) is 5.82 Å². The lowest BCUT2D eigenvalue weighted by atomic mass is 10.1. The molecule has 1 aromatic carbocycles. The number of benzene rings is 1. The highest BCUT2D eigenvalue weighted by molar-refractivity contribution is 5.84. The van der Waals surface area contributed by atoms with Gasteiger partial charge < -0.3 is 9.84 Å². The Morgan fingerprint density at radius 1 is 1.39 bits per heavy atom. The molecule has 0 radical (unpaired) electrons. The lowest BCUT2D eigenvalue weighted by molar-refractivity contribution is 0.0587. The third kappa shape index (κ3) is 2.38. The number of hydrogen-bond donors (Lipinski definition) is 1. The van der Waals surface area contributed by atoms with Crippen LogP contribution in [0.15, 0.2) is 30.6 Å². The van der Waals surface area contributed by atoms with Gasteiger partial charge in [0.05, 0.1) is 18.9 Å². The van der Waals surface area contributed by atoms with Gasteiger partial charge in [0.1, 0.15) is 6.33 Å². The van der Waals surface area contributed by atoms with Gasteiger partial charge in [-0.05, 0) is 24.6 Å². The molecule has 1 aromatic heterocycles. The summed E-state index contributed by atoms with van der Waals surface area (Å²) >= 11 is 0. The van der Waals surface area contributed by atoms with E-state index in [0.29, 0.717) is 0 Å². The lowest BCUT2D eigenvalue weighted by Gasteiger charge is -2.05. The Kier molecular flexibility index (Phi) is 3.38. The predicted octanol–water partition coefficient (Wildman–Crippen LogP) is 1.11. The van der Waals surface area contributed by atoms with Gasteiger partial charge in [0, 0.05) is 0 Å². The maximum Gasteiger partial charge on any atom is 0.377 e. The number of methoxy groups -OCH3 is 1. The summed E-state index contributed by atoms with van der Waals surface area (Å²) in [5.41, 5.74) is 1.56. The van der Waals surface area contributed by atoms with Crippen molar-refractivity contribution in [3.8, 4) is 5.69 Å². The van der Waals surface area contributed by atoms with Crippen molar-refractivity contribution in [3.63, 3.8) is 0 Å². The summed E-state index contributed by atoms with van der Waals surface area (Å²) in [6.45, 7) is 1.69. The number of rotatable bonds is 3. The molecule has 1 unspecified atom stereocenters. The van der Waals surface area contributed by atoms with E-state index in [1.807, 2.05) is 0 Å². The fourth-order valence-corrected chi connectivity index (χ4v) is 1.48. The van der Waals surface area contributed by atoms with Crippen LogP contribution in [0.1, 0.15) is 29.2 Å². The van der Waals surface area contributed by atoms with Crippen LogP contribution >= 0.6 is 0 Å². The van der Waals surface area contributed by atoms with Crippen molar-refractivity contribution in [2.45, 2.75) is 13.0 Å². The topological polar surface area (TPSA) is 77.2 Å². The molecular weight excluding hydrogens is 234 g/mol. The van der Waals surface area contributed by atoms with Crippen molar-refractivity contribution in [3.05, 3.63) is 42.0 Å². The Balaban J connectivity index is 2.26. The Labute approximate surface area is 104 Å². The van der Waals surface area contributed by atoms with Crippen molar-refractivity contribution in [1.29, 1.82) is 0 Å². The Morgan fingerprint density at radius 3 is 2.61 bits per heavy atom. The third-order valence-electron chi connectivity index (χ3n) is 2.50. The zero-order valence-electron chi connectivity index (χ0n) is 10.1. The van der Waals surface area contributed by atoms with Gasteiger partial charge >= 0.3 is 5.97 Å². The summed E-state index contributed by atoms with van der Waals surface area (Å²) in [4.78, 5) is 15.1. The first-order valence-corrected chi connectivity index (χ1v) is 5.40. The van der Waals surface area contributed by atoms with Crippen molar-refractivity contribution in [2.75, 3.05) is 7.11 Å². The third-order valence-corrected chi connectivity index (χ3v) is 2.50. The second kappa shape index (κ2) is 4.97. The van der Waals surface area contributed by atoms with Crippen LogP contribution in [-0.2, 0) is 4.74 Å². The molecule has 0 spiro atoms. The summed E-state index contributed by atoms with van der Waals surface area (Å²) in [5.74, 6) is -0.563. The normalized spacial score (nSPS) is 12.2. The molecule has 0 fully saturated rings. The average Bonchev–Trinajstić information content (AvgIpc) is 2.87. The molecule has 0 amide bonds. The Bertz CT molecular complexity index is 546. The Hall–Kier alpha value is -2.21. The molecule has 2 aromatic rings. The van der Waals surface area contributed by atoms with Crippen LogP contribution < -0.4 is 0 Å². The van der Waals surface area contributed by atoms with Crippen LogP contribution in [-0.4, -0.2) is 33.0 Å². The van der Waals surface area contributed by atoms with Gasteiger partial charge in [0.2, 0.25) is 0 Å². The molecule has 0 aliphatic rings. The van der Waals surface area contributed by atoms with Crippen molar-refractivity contribution in [1.82, 2.24) is 14.8 Å². The number of carbonyl (C=O) groups is 1. The van der Waals surface area contributed by atoms with Crippen LogP contribution in [0.2, 0.25) is 0 Å². The fraction of sp³-hybridized carbons (Fsp3) is 0.250. The lowest BCUT2D eigenvalue weighted by Crippen LogP contribution is -2.05. The van der Waals surface area contributed by atoms with Gasteiger partial charge in [-0.1, -0.05) is 12.1 Å². The molecule has 2 rings (SSSR count). The van der Waals surface area contributed by atoms with Gasteiger partial charge in [-0.2, -0.15) is 0 Å². The maximum atomic E-state index is 11.2. The maximum absolute atomic E-state index is 11.2. The van der Waals surface area contributed by atoms with Gasteiger partial charge in [0.15, 0.2) is 0 Å². The molecule has 6 heteroatoms. The minimum Gasteiger partial charge on any atom is -0.463 e. The van der Waals surface area contributed by atoms with Gasteiger partial charge in [-0.3, -0.25) is 0 Å². The minimum atomic E-state index is -0.575. The largest absolute Gasteiger partial charge is 0.463 e. The van der Waals surface area contributed by atoms with E-state index in [1.165, 1.54) is 18.1 Å². The molecule has 1 heterocycles. The van der Waals surface area contributed by atoms with Crippen LogP contribution in [0.25, 0.3) is 5.69 Å². The van der Waals surface area contributed by atoms with Crippen LogP contribution in [0.4, 0.5) is 0 Å². The Morgan fingerprint density at radius 2 is 2.06 bits per heavy atom. The highest BCUT2D eigenvalue weighted by atomic mass is 16.5. The summed E-state index contributed by atoms with van der Waals surface area (Å²) in [5, 5.41) is 13.4. The quantitative estimate of drug-likeness (QED) is 0.822. The molecule has 6 nitrogen and oxygen atoms in total. The van der Waals surface area contributed by atoms with E-state index >= 15 is 0 Å². The molecular formula is C12H13N3O3. The highest BCUT2D eigenvalue weighted by Gasteiger charge is 2.11. The summed E-state index contributed by atoms with van der Waals surface area (Å²) in [7, 11) is 1.28. The second-order valence-corrected chi connectivity index (χ2v) is 3.77. The molecule has 0 bridgehead atoms. The molecule has 0 saturated heterocycles. The summed E-state index contributed by atoms with van der Waals surface area (Å²) in [6, 6.07) is 7.16. The average molecular weight is 247 g/mol. The van der Waals surface area contributed by atoms with Crippen molar-refractivity contribution < 1.29 is 14.6 Å². The predicted molar refractivity (Wildman–Crippen MR) is 63.3 cm³/mol. The number of aromatic nitrogens is 3. The molecule has 0 aliphatic carbocycles. The minimum absolute atomic E-state index is 0.0112. The van der Waals surface area contributed by atoms with Crippen molar-refractivity contribution in [2.24, 2.45) is 0 Å². The summed E-state index contributed by atoms with van der Waals surface area (Å²) in [6.07, 6.45) is 0.921. The van der Waals surface area contributed by atoms with Crippen LogP contribution in [0, 0.1) is 0 Å². The van der Waals surface area contributed by atoms with E-state index in [9.17, 15) is 9.90 Å². The van der Waals surface area contributed by atoms with E-state index in [0.717, 1.165) is 11.3 Å². The smallest absolute Gasteiger partial charge is 0.377 e. The van der Waals surface area contributed by atoms with Crippen LogP contribution in [0.3, 0.4) is 0 Å². The number of carbonyl (C=O) groups excluding carboxylic acids is 1. The fourth-order valence-electron chi connectivity index (χ4n) is 1.48. The van der Waals surface area contributed by atoms with E-state index in [-0.39, 0.29) is 5.82 Å². The molecule has 1 atom stereocenters. The first-order valence-electron chi connectivity index (χ1n) is 5.40. The van der Waals surface area contributed by atoms with Crippen molar-refractivity contribution >= 4 is 5.97 Å². The van der Waals surface area contributed by atoms with Gasteiger partial charge in [-0.25, -0.2) is 14.5 Å². The molecule has 0 saturated carbocycles. The zero-order valence-corrected chi connectivity index (χ0v) is 10.1. The first-order chi connectivity index (χ1) is 8.61. The van der Waals surface area contributed by atoms with E-state index in [1.54, 1.807) is 31.2 Å². The monoisotopic (exact) mass is 247 g/mol. The molecule has 94 valence electrons. The number of aliphatic hydroxyl groups excluding tert-OH is 1. The van der Waals surface area contributed by atoms with E-state index in [2.05, 4.69) is 14.8 Å². The second-order valence-electron chi connectivity index (χ2n) is 3.77. The van der Waals surface area contributed by atoms with E-state index < -0.39 is 12.1 Å². The zero-order chi connectivity index (χ0) is 13.1. The van der Waals surface area contributed by atoms with Crippen LogP contribution in [0.5, 0.6) is 0 Å². The number of nitrogens with zero attached hydrogens (tertiary/aromatic N) is 3. The number of aliphatic hydroxyl groups is 1. The molecule has 1 N–H and O–H groups in total. The van der Waals surface area contributed by atoms with E-state index in [4.69, 9.17) is 0 Å². The number of hydrogen-bond acceptors (Lipinski definition) is 5. The summed E-state index contributed by atoms with van der Waals surface area (Å²) < 4.78 is 6.00. The number of ether oxygens (including phenoxy) is 1. The highest BCUT2D eigenvalue weighted by Crippen LogP contribution is 2.14. The number of esters is 1.